The summed E-state index contributed by atoms with van der Waals surface area (Å²) in [6.45, 7) is 4.06. The minimum atomic E-state index is -0.905. The largest absolute Gasteiger partial charge is 0.391 e. The van der Waals surface area contributed by atoms with Gasteiger partial charge in [0.05, 0.1) is 17.1 Å². The molecule has 5 nitrogen and oxygen atoms in total. The predicted octanol–water partition coefficient (Wildman–Crippen LogP) is 2.95. The topological polar surface area (TPSA) is 89.4 Å². The smallest absolute Gasteiger partial charge is 0.305 e. The maximum Gasteiger partial charge on any atom is 0.305 e. The Morgan fingerprint density at radius 2 is 2.00 bits per heavy atom. The lowest BCUT2D eigenvalue weighted by Gasteiger charge is -2.20. The van der Waals surface area contributed by atoms with Crippen LogP contribution in [0.4, 0.5) is 10.1 Å². The molecule has 1 rings (SSSR count). The van der Waals surface area contributed by atoms with Gasteiger partial charge in [0, 0.05) is 6.07 Å². The van der Waals surface area contributed by atoms with Gasteiger partial charge in [-0.1, -0.05) is 19.9 Å². The third kappa shape index (κ3) is 5.03. The normalized spacial score (nSPS) is 13.7. The highest BCUT2D eigenvalue weighted by Gasteiger charge is 2.21. The second kappa shape index (κ2) is 8.14. The molecule has 114 valence electrons. The molecule has 0 aliphatic heterocycles. The summed E-state index contributed by atoms with van der Waals surface area (Å²) in [4.78, 5) is 9.84. The Labute approximate surface area is 123 Å². The number of halogens is 2. The Kier molecular flexibility index (Phi) is 7.63. The number of aliphatic hydroxyl groups is 1. The van der Waals surface area contributed by atoms with Crippen LogP contribution in [-0.2, 0) is 0 Å². The van der Waals surface area contributed by atoms with Gasteiger partial charge in [0.15, 0.2) is 0 Å². The molecule has 0 radical (unpaired) electrons. The van der Waals surface area contributed by atoms with Crippen LogP contribution in [0.2, 0.25) is 0 Å². The molecule has 0 bridgehead atoms. The summed E-state index contributed by atoms with van der Waals surface area (Å²) in [7, 11) is 0. The fraction of sp³-hybridized carbons (Fsp3) is 0.538. The van der Waals surface area contributed by atoms with Gasteiger partial charge in [0.25, 0.3) is 0 Å². The van der Waals surface area contributed by atoms with E-state index in [0.29, 0.717) is 17.9 Å². The van der Waals surface area contributed by atoms with Gasteiger partial charge in [-0.2, -0.15) is 4.39 Å². The number of nitro groups is 1. The number of nitrogens with two attached hydrogens (primary N) is 1. The van der Waals surface area contributed by atoms with Crippen molar-refractivity contribution in [2.45, 2.75) is 38.8 Å². The van der Waals surface area contributed by atoms with Gasteiger partial charge >= 0.3 is 5.69 Å². The average Bonchev–Trinajstić information content (AvgIpc) is 2.35. The minimum absolute atomic E-state index is 0. The molecule has 3 N–H and O–H groups in total. The summed E-state index contributed by atoms with van der Waals surface area (Å²) in [5.74, 6) is -0.470. The van der Waals surface area contributed by atoms with Crippen LogP contribution < -0.4 is 5.73 Å². The summed E-state index contributed by atoms with van der Waals surface area (Å²) in [6.07, 6.45) is 0.509. The molecule has 0 heterocycles. The van der Waals surface area contributed by atoms with Crippen molar-refractivity contribution in [1.82, 2.24) is 0 Å². The summed E-state index contributed by atoms with van der Waals surface area (Å²) in [5.41, 5.74) is 5.59. The molecule has 0 unspecified atom stereocenters. The SMILES string of the molecule is CC(C)CC[C@H](O)[C@H](N)c1ccc(F)c([N+](=O)[O-])c1.Cl. The number of hydrogen-bond donors (Lipinski definition) is 2. The van der Waals surface area contributed by atoms with Crippen molar-refractivity contribution in [3.8, 4) is 0 Å². The van der Waals surface area contributed by atoms with Crippen molar-refractivity contribution >= 4 is 18.1 Å². The lowest BCUT2D eigenvalue weighted by molar-refractivity contribution is -0.387. The van der Waals surface area contributed by atoms with Crippen LogP contribution in [0.15, 0.2) is 18.2 Å². The zero-order valence-corrected chi connectivity index (χ0v) is 12.3. The van der Waals surface area contributed by atoms with Crippen molar-refractivity contribution in [2.75, 3.05) is 0 Å². The first-order chi connectivity index (χ1) is 8.82. The molecule has 20 heavy (non-hydrogen) atoms. The van der Waals surface area contributed by atoms with Crippen LogP contribution >= 0.6 is 12.4 Å². The maximum absolute atomic E-state index is 13.2. The standard InChI is InChI=1S/C13H19FN2O3.ClH/c1-8(2)3-6-12(17)13(15)9-4-5-10(14)11(7-9)16(18)19;/h4-5,7-8,12-13,17H,3,6,15H2,1-2H3;1H/t12-,13+;/m0./s1. The summed E-state index contributed by atoms with van der Waals surface area (Å²) < 4.78 is 13.2. The molecule has 2 atom stereocenters. The first-order valence-electron chi connectivity index (χ1n) is 6.20. The van der Waals surface area contributed by atoms with Crippen molar-refractivity contribution < 1.29 is 14.4 Å². The van der Waals surface area contributed by atoms with Crippen LogP contribution in [0, 0.1) is 21.8 Å². The summed E-state index contributed by atoms with van der Waals surface area (Å²) >= 11 is 0. The van der Waals surface area contributed by atoms with E-state index in [1.807, 2.05) is 13.8 Å². The van der Waals surface area contributed by atoms with Crippen LogP contribution in [0.3, 0.4) is 0 Å². The highest BCUT2D eigenvalue weighted by atomic mass is 35.5. The van der Waals surface area contributed by atoms with Gasteiger partial charge < -0.3 is 10.8 Å². The lowest BCUT2D eigenvalue weighted by Crippen LogP contribution is -2.26. The van der Waals surface area contributed by atoms with E-state index in [0.717, 1.165) is 18.6 Å². The van der Waals surface area contributed by atoms with E-state index in [1.54, 1.807) is 0 Å². The van der Waals surface area contributed by atoms with Crippen molar-refractivity contribution in [1.29, 1.82) is 0 Å². The predicted molar refractivity (Wildman–Crippen MR) is 77.3 cm³/mol. The number of nitro benzene ring substituents is 1. The van der Waals surface area contributed by atoms with Gasteiger partial charge in [0.2, 0.25) is 5.82 Å². The molecule has 0 fully saturated rings. The number of hydrogen-bond acceptors (Lipinski definition) is 4. The second-order valence-electron chi connectivity index (χ2n) is 5.03. The van der Waals surface area contributed by atoms with Crippen molar-refractivity contribution in [3.63, 3.8) is 0 Å². The van der Waals surface area contributed by atoms with Gasteiger partial charge in [-0.15, -0.1) is 12.4 Å². The third-order valence-corrected chi connectivity index (χ3v) is 3.01. The maximum atomic E-state index is 13.2. The zero-order chi connectivity index (χ0) is 14.6. The average molecular weight is 307 g/mol. The Morgan fingerprint density at radius 1 is 1.40 bits per heavy atom. The molecule has 0 saturated carbocycles. The molecule has 1 aromatic carbocycles. The first kappa shape index (κ1) is 18.8. The Balaban J connectivity index is 0.00000361. The Morgan fingerprint density at radius 3 is 2.50 bits per heavy atom. The molecule has 0 spiro atoms. The molecule has 0 aliphatic rings. The Bertz CT molecular complexity index is 457. The lowest BCUT2D eigenvalue weighted by atomic mass is 9.96. The highest BCUT2D eigenvalue weighted by molar-refractivity contribution is 5.85. The quantitative estimate of drug-likeness (QED) is 0.624. The minimum Gasteiger partial charge on any atom is -0.391 e. The molecule has 0 aromatic heterocycles. The van der Waals surface area contributed by atoms with Gasteiger partial charge in [-0.05, 0) is 30.4 Å². The van der Waals surface area contributed by atoms with Crippen LogP contribution in [0.1, 0.15) is 38.3 Å². The van der Waals surface area contributed by atoms with Gasteiger partial charge in [0.1, 0.15) is 0 Å². The fourth-order valence-corrected chi connectivity index (χ4v) is 1.78. The van der Waals surface area contributed by atoms with Crippen molar-refractivity contribution in [3.05, 3.63) is 39.7 Å². The monoisotopic (exact) mass is 306 g/mol. The van der Waals surface area contributed by atoms with Gasteiger partial charge in [-0.3, -0.25) is 10.1 Å². The molecule has 0 amide bonds. The second-order valence-corrected chi connectivity index (χ2v) is 5.03. The van der Waals surface area contributed by atoms with Crippen LogP contribution in [0.25, 0.3) is 0 Å². The van der Waals surface area contributed by atoms with Crippen LogP contribution in [-0.4, -0.2) is 16.1 Å². The van der Waals surface area contributed by atoms with E-state index in [9.17, 15) is 19.6 Å². The molecule has 0 saturated heterocycles. The molecular formula is C13H20ClFN2O3. The van der Waals surface area contributed by atoms with Crippen LogP contribution in [0.5, 0.6) is 0 Å². The number of nitrogens with zero attached hydrogens (tertiary/aromatic N) is 1. The van der Waals surface area contributed by atoms with E-state index < -0.39 is 28.6 Å². The van der Waals surface area contributed by atoms with E-state index in [-0.39, 0.29) is 12.4 Å². The number of rotatable bonds is 6. The molecule has 7 heteroatoms. The Hall–Kier alpha value is -1.24. The summed E-state index contributed by atoms with van der Waals surface area (Å²) in [6, 6.07) is 2.70. The van der Waals surface area contributed by atoms with E-state index >= 15 is 0 Å². The van der Waals surface area contributed by atoms with E-state index in [2.05, 4.69) is 0 Å². The first-order valence-corrected chi connectivity index (χ1v) is 6.20. The van der Waals surface area contributed by atoms with Gasteiger partial charge in [-0.25, -0.2) is 0 Å². The number of aliphatic hydroxyl groups excluding tert-OH is 1. The number of benzene rings is 1. The molecule has 0 aliphatic carbocycles. The van der Waals surface area contributed by atoms with E-state index in [4.69, 9.17) is 5.73 Å². The van der Waals surface area contributed by atoms with E-state index in [1.165, 1.54) is 6.07 Å². The molecule has 1 aromatic rings. The van der Waals surface area contributed by atoms with Crippen molar-refractivity contribution in [2.24, 2.45) is 11.7 Å². The molecular weight excluding hydrogens is 287 g/mol. The highest BCUT2D eigenvalue weighted by Crippen LogP contribution is 2.25. The zero-order valence-electron chi connectivity index (χ0n) is 11.5. The fourth-order valence-electron chi connectivity index (χ4n) is 1.78. The summed E-state index contributed by atoms with van der Waals surface area (Å²) in [5, 5.41) is 20.6. The third-order valence-electron chi connectivity index (χ3n) is 3.01.